The number of carbonyl (C=O) groups is 1. The first kappa shape index (κ1) is 18.0. The number of halogens is 3. The van der Waals surface area contributed by atoms with Crippen LogP contribution in [0.2, 0.25) is 0 Å². The van der Waals surface area contributed by atoms with Crippen LogP contribution in [0.4, 0.5) is 24.7 Å². The summed E-state index contributed by atoms with van der Waals surface area (Å²) in [7, 11) is 0. The van der Waals surface area contributed by atoms with E-state index >= 15 is 0 Å². The fraction of sp³-hybridized carbons (Fsp3) is 0.150. The molecule has 3 aromatic rings. The highest BCUT2D eigenvalue weighted by atomic mass is 19.2. The van der Waals surface area contributed by atoms with Gasteiger partial charge in [0.25, 0.3) is 5.91 Å². The molecule has 1 aliphatic rings. The normalized spacial score (nSPS) is 13.2. The fourth-order valence-electron chi connectivity index (χ4n) is 3.10. The molecule has 142 valence electrons. The number of carbonyl (C=O) groups excluding carboxylic acids is 1. The van der Waals surface area contributed by atoms with Gasteiger partial charge in [0.05, 0.1) is 18.1 Å². The maximum absolute atomic E-state index is 13.7. The summed E-state index contributed by atoms with van der Waals surface area (Å²) in [6, 6.07) is 9.84. The molecule has 0 bridgehead atoms. The third-order valence-electron chi connectivity index (χ3n) is 4.61. The van der Waals surface area contributed by atoms with Crippen molar-refractivity contribution in [2.45, 2.75) is 13.0 Å². The zero-order valence-corrected chi connectivity index (χ0v) is 14.6. The number of hydrogen-bond acceptors (Lipinski definition) is 4. The van der Waals surface area contributed by atoms with Crippen molar-refractivity contribution in [3.05, 3.63) is 83.1 Å². The summed E-state index contributed by atoms with van der Waals surface area (Å²) in [6.45, 7) is 1.47. The highest BCUT2D eigenvalue weighted by Crippen LogP contribution is 2.23. The summed E-state index contributed by atoms with van der Waals surface area (Å²) in [6.07, 6.45) is 3.61. The molecule has 0 aliphatic carbocycles. The Morgan fingerprint density at radius 1 is 0.964 bits per heavy atom. The number of nitrogens with zero attached hydrogens (tertiary/aromatic N) is 3. The van der Waals surface area contributed by atoms with Crippen molar-refractivity contribution in [3.63, 3.8) is 0 Å². The minimum Gasteiger partial charge on any atom is -0.351 e. The summed E-state index contributed by atoms with van der Waals surface area (Å²) in [5.41, 5.74) is 1.98. The SMILES string of the molecule is O=C(Nc1ccc(F)c(F)c1F)c1cnc(N2CCc3ccccc3C2)cn1. The Labute approximate surface area is 158 Å². The van der Waals surface area contributed by atoms with Gasteiger partial charge in [-0.05, 0) is 29.7 Å². The molecule has 5 nitrogen and oxygen atoms in total. The Balaban J connectivity index is 1.48. The summed E-state index contributed by atoms with van der Waals surface area (Å²) >= 11 is 0. The van der Waals surface area contributed by atoms with E-state index in [1.807, 2.05) is 17.0 Å². The van der Waals surface area contributed by atoms with E-state index in [0.29, 0.717) is 12.4 Å². The van der Waals surface area contributed by atoms with Crippen LogP contribution in [0.5, 0.6) is 0 Å². The molecule has 2 heterocycles. The zero-order chi connectivity index (χ0) is 19.7. The third-order valence-corrected chi connectivity index (χ3v) is 4.61. The van der Waals surface area contributed by atoms with E-state index in [2.05, 4.69) is 27.4 Å². The molecule has 0 spiro atoms. The summed E-state index contributed by atoms with van der Waals surface area (Å²) in [5, 5.41) is 2.17. The lowest BCUT2D eigenvalue weighted by molar-refractivity contribution is 0.102. The molecule has 2 aromatic carbocycles. The van der Waals surface area contributed by atoms with Crippen molar-refractivity contribution in [1.82, 2.24) is 9.97 Å². The maximum atomic E-state index is 13.7. The summed E-state index contributed by atoms with van der Waals surface area (Å²) in [5.74, 6) is -4.60. The van der Waals surface area contributed by atoms with E-state index in [4.69, 9.17) is 0 Å². The predicted molar refractivity (Wildman–Crippen MR) is 97.5 cm³/mol. The molecule has 1 aliphatic heterocycles. The third kappa shape index (κ3) is 3.40. The molecule has 0 atom stereocenters. The molecule has 0 radical (unpaired) electrons. The standard InChI is InChI=1S/C20H15F3N4O/c21-14-5-6-15(19(23)18(14)22)26-20(28)16-9-25-17(10-24-16)27-8-7-12-3-1-2-4-13(12)11-27/h1-6,9-10H,7-8,11H2,(H,26,28). The van der Waals surface area contributed by atoms with Gasteiger partial charge in [0.1, 0.15) is 11.5 Å². The Bertz CT molecular complexity index is 1040. The lowest BCUT2D eigenvalue weighted by atomic mass is 10.0. The number of amides is 1. The van der Waals surface area contributed by atoms with Gasteiger partial charge >= 0.3 is 0 Å². The first-order chi connectivity index (χ1) is 13.5. The first-order valence-corrected chi connectivity index (χ1v) is 8.61. The molecular weight excluding hydrogens is 369 g/mol. The average Bonchev–Trinajstić information content (AvgIpc) is 2.74. The highest BCUT2D eigenvalue weighted by Gasteiger charge is 2.19. The van der Waals surface area contributed by atoms with E-state index in [0.717, 1.165) is 25.1 Å². The van der Waals surface area contributed by atoms with Crippen molar-refractivity contribution in [2.24, 2.45) is 0 Å². The lowest BCUT2D eigenvalue weighted by Crippen LogP contribution is -2.31. The van der Waals surface area contributed by atoms with Crippen molar-refractivity contribution in [1.29, 1.82) is 0 Å². The number of rotatable bonds is 3. The smallest absolute Gasteiger partial charge is 0.275 e. The largest absolute Gasteiger partial charge is 0.351 e. The maximum Gasteiger partial charge on any atom is 0.275 e. The Hall–Kier alpha value is -3.42. The summed E-state index contributed by atoms with van der Waals surface area (Å²) < 4.78 is 39.9. The van der Waals surface area contributed by atoms with Gasteiger partial charge in [-0.2, -0.15) is 0 Å². The monoisotopic (exact) mass is 384 g/mol. The van der Waals surface area contributed by atoms with Gasteiger partial charge in [-0.1, -0.05) is 24.3 Å². The molecule has 28 heavy (non-hydrogen) atoms. The number of hydrogen-bond donors (Lipinski definition) is 1. The van der Waals surface area contributed by atoms with E-state index < -0.39 is 29.0 Å². The number of anilines is 2. The predicted octanol–water partition coefficient (Wildman–Crippen LogP) is 3.71. The zero-order valence-electron chi connectivity index (χ0n) is 14.6. The molecule has 8 heteroatoms. The van der Waals surface area contributed by atoms with E-state index in [9.17, 15) is 18.0 Å². The Morgan fingerprint density at radius 2 is 1.75 bits per heavy atom. The molecule has 4 rings (SSSR count). The van der Waals surface area contributed by atoms with Crippen molar-refractivity contribution in [2.75, 3.05) is 16.8 Å². The highest BCUT2D eigenvalue weighted by molar-refractivity contribution is 6.02. The first-order valence-electron chi connectivity index (χ1n) is 8.61. The van der Waals surface area contributed by atoms with Crippen LogP contribution in [0, 0.1) is 17.5 Å². The van der Waals surface area contributed by atoms with E-state index in [-0.39, 0.29) is 5.69 Å². The van der Waals surface area contributed by atoms with Gasteiger partial charge in [-0.25, -0.2) is 23.1 Å². The fourth-order valence-corrected chi connectivity index (χ4v) is 3.10. The molecule has 1 amide bonds. The van der Waals surface area contributed by atoms with Gasteiger partial charge in [0.2, 0.25) is 0 Å². The summed E-state index contributed by atoms with van der Waals surface area (Å²) in [4.78, 5) is 22.6. The second kappa shape index (κ2) is 7.30. The minimum atomic E-state index is -1.65. The molecule has 0 saturated carbocycles. The number of nitrogens with one attached hydrogen (secondary N) is 1. The van der Waals surface area contributed by atoms with Crippen LogP contribution in [0.3, 0.4) is 0 Å². The lowest BCUT2D eigenvalue weighted by Gasteiger charge is -2.29. The van der Waals surface area contributed by atoms with Gasteiger partial charge in [-0.3, -0.25) is 4.79 Å². The second-order valence-electron chi connectivity index (χ2n) is 6.38. The Kier molecular flexibility index (Phi) is 4.68. The Morgan fingerprint density at radius 3 is 2.50 bits per heavy atom. The molecule has 1 aromatic heterocycles. The number of aromatic nitrogens is 2. The van der Waals surface area contributed by atoms with Crippen molar-refractivity contribution < 1.29 is 18.0 Å². The van der Waals surface area contributed by atoms with Gasteiger partial charge in [0, 0.05) is 13.1 Å². The number of fused-ring (bicyclic) bond motifs is 1. The van der Waals surface area contributed by atoms with Crippen LogP contribution in [0.25, 0.3) is 0 Å². The van der Waals surface area contributed by atoms with E-state index in [1.54, 1.807) is 0 Å². The topological polar surface area (TPSA) is 58.1 Å². The molecule has 0 fully saturated rings. The second-order valence-corrected chi connectivity index (χ2v) is 6.38. The molecular formula is C20H15F3N4O. The van der Waals surface area contributed by atoms with Crippen molar-refractivity contribution >= 4 is 17.4 Å². The average molecular weight is 384 g/mol. The van der Waals surface area contributed by atoms with Crippen LogP contribution in [-0.4, -0.2) is 22.4 Å². The van der Waals surface area contributed by atoms with Gasteiger partial charge < -0.3 is 10.2 Å². The minimum absolute atomic E-state index is 0.0645. The van der Waals surface area contributed by atoms with Crippen LogP contribution >= 0.6 is 0 Å². The van der Waals surface area contributed by atoms with Gasteiger partial charge in [-0.15, -0.1) is 0 Å². The van der Waals surface area contributed by atoms with Crippen molar-refractivity contribution in [3.8, 4) is 0 Å². The van der Waals surface area contributed by atoms with Crippen LogP contribution in [0.15, 0.2) is 48.8 Å². The van der Waals surface area contributed by atoms with E-state index in [1.165, 1.54) is 23.5 Å². The quantitative estimate of drug-likeness (QED) is 0.700. The molecule has 0 saturated heterocycles. The molecule has 1 N–H and O–H groups in total. The van der Waals surface area contributed by atoms with Gasteiger partial charge in [0.15, 0.2) is 17.5 Å². The van der Waals surface area contributed by atoms with Crippen LogP contribution in [-0.2, 0) is 13.0 Å². The number of benzene rings is 2. The van der Waals surface area contributed by atoms with Crippen LogP contribution < -0.4 is 10.2 Å². The van der Waals surface area contributed by atoms with Crippen LogP contribution in [0.1, 0.15) is 21.6 Å². The molecule has 0 unspecified atom stereocenters.